The molecule has 7 heteroatoms. The normalized spacial score (nSPS) is 18.3. The Balaban J connectivity index is 1.65. The third-order valence-electron chi connectivity index (χ3n) is 4.54. The number of aromatic nitrogens is 4. The van der Waals surface area contributed by atoms with Gasteiger partial charge in [0.1, 0.15) is 5.82 Å². The van der Waals surface area contributed by atoms with Gasteiger partial charge in [-0.3, -0.25) is 4.79 Å². The van der Waals surface area contributed by atoms with Gasteiger partial charge in [-0.1, -0.05) is 13.8 Å². The molecule has 2 aromatic heterocycles. The molecule has 1 saturated heterocycles. The van der Waals surface area contributed by atoms with Crippen LogP contribution in [0.2, 0.25) is 0 Å². The molecule has 1 atom stereocenters. The van der Waals surface area contributed by atoms with Gasteiger partial charge in [0.15, 0.2) is 11.5 Å². The van der Waals surface area contributed by atoms with Crippen molar-refractivity contribution < 1.29 is 4.79 Å². The van der Waals surface area contributed by atoms with Crippen LogP contribution in [0.1, 0.15) is 38.9 Å². The highest BCUT2D eigenvalue weighted by molar-refractivity contribution is 5.79. The van der Waals surface area contributed by atoms with Gasteiger partial charge < -0.3 is 10.2 Å². The number of fused-ring (bicyclic) bond motifs is 1. The second-order valence-electron chi connectivity index (χ2n) is 6.97. The summed E-state index contributed by atoms with van der Waals surface area (Å²) in [6.07, 6.45) is 2.97. The van der Waals surface area contributed by atoms with Gasteiger partial charge in [-0.25, -0.2) is 0 Å². The lowest BCUT2D eigenvalue weighted by molar-refractivity contribution is -0.125. The highest BCUT2D eigenvalue weighted by Crippen LogP contribution is 2.22. The standard InChI is InChI=1S/C17H26N6O/c1-12(2)8-9-18-17(24)14-5-4-10-22(11-14)16-7-6-15-20-19-13(3)23(15)21-16/h6-7,12,14H,4-5,8-11H2,1-3H3,(H,18,24). The van der Waals surface area contributed by atoms with Crippen LogP contribution in [0, 0.1) is 18.8 Å². The van der Waals surface area contributed by atoms with Gasteiger partial charge in [0, 0.05) is 19.6 Å². The minimum Gasteiger partial charge on any atom is -0.356 e. The SMILES string of the molecule is Cc1nnc2ccc(N3CCCC(C(=O)NCCC(C)C)C3)nn12. The van der Waals surface area contributed by atoms with E-state index in [4.69, 9.17) is 0 Å². The van der Waals surface area contributed by atoms with Crippen LogP contribution in [0.5, 0.6) is 0 Å². The van der Waals surface area contributed by atoms with Gasteiger partial charge in [-0.05, 0) is 44.2 Å². The number of nitrogens with one attached hydrogen (secondary N) is 1. The zero-order valence-corrected chi connectivity index (χ0v) is 14.7. The Morgan fingerprint density at radius 2 is 2.21 bits per heavy atom. The van der Waals surface area contributed by atoms with Crippen molar-refractivity contribution in [3.05, 3.63) is 18.0 Å². The van der Waals surface area contributed by atoms with Crippen molar-refractivity contribution in [1.82, 2.24) is 25.1 Å². The average Bonchev–Trinajstić information content (AvgIpc) is 2.95. The molecule has 7 nitrogen and oxygen atoms in total. The third kappa shape index (κ3) is 3.66. The molecule has 1 unspecified atom stereocenters. The summed E-state index contributed by atoms with van der Waals surface area (Å²) in [6.45, 7) is 8.63. The highest BCUT2D eigenvalue weighted by atomic mass is 16.1. The van der Waals surface area contributed by atoms with Crippen LogP contribution < -0.4 is 10.2 Å². The Labute approximate surface area is 142 Å². The molecule has 0 bridgehead atoms. The summed E-state index contributed by atoms with van der Waals surface area (Å²) < 4.78 is 1.75. The largest absolute Gasteiger partial charge is 0.356 e. The number of hydrogen-bond acceptors (Lipinski definition) is 5. The van der Waals surface area contributed by atoms with Crippen molar-refractivity contribution >= 4 is 17.4 Å². The van der Waals surface area contributed by atoms with Crippen molar-refractivity contribution in [2.75, 3.05) is 24.5 Å². The number of hydrogen-bond donors (Lipinski definition) is 1. The maximum absolute atomic E-state index is 12.4. The van der Waals surface area contributed by atoms with Crippen LogP contribution >= 0.6 is 0 Å². The van der Waals surface area contributed by atoms with Gasteiger partial charge >= 0.3 is 0 Å². The van der Waals surface area contributed by atoms with E-state index in [9.17, 15) is 4.79 Å². The van der Waals surface area contributed by atoms with Crippen molar-refractivity contribution in [3.8, 4) is 0 Å². The maximum Gasteiger partial charge on any atom is 0.224 e. The lowest BCUT2D eigenvalue weighted by Crippen LogP contribution is -2.43. The molecule has 0 spiro atoms. The minimum absolute atomic E-state index is 0.0328. The van der Waals surface area contributed by atoms with Gasteiger partial charge in [0.2, 0.25) is 5.91 Å². The first-order valence-corrected chi connectivity index (χ1v) is 8.76. The Morgan fingerprint density at radius 1 is 1.38 bits per heavy atom. The van der Waals surface area contributed by atoms with Crippen molar-refractivity contribution in [1.29, 1.82) is 0 Å². The number of amides is 1. The lowest BCUT2D eigenvalue weighted by atomic mass is 9.97. The molecule has 0 saturated carbocycles. The molecule has 1 fully saturated rings. The van der Waals surface area contributed by atoms with Crippen LogP contribution in [0.25, 0.3) is 5.65 Å². The zero-order chi connectivity index (χ0) is 17.1. The van der Waals surface area contributed by atoms with Gasteiger partial charge in [-0.2, -0.15) is 4.52 Å². The highest BCUT2D eigenvalue weighted by Gasteiger charge is 2.26. The molecule has 130 valence electrons. The number of carbonyl (C=O) groups excluding carboxylic acids is 1. The van der Waals surface area contributed by atoms with Gasteiger partial charge in [0.25, 0.3) is 0 Å². The van der Waals surface area contributed by atoms with E-state index < -0.39 is 0 Å². The Kier molecular flexibility index (Phi) is 4.97. The summed E-state index contributed by atoms with van der Waals surface area (Å²) in [5.41, 5.74) is 0.747. The summed E-state index contributed by atoms with van der Waals surface area (Å²) in [6, 6.07) is 3.89. The zero-order valence-electron chi connectivity index (χ0n) is 14.7. The van der Waals surface area contributed by atoms with E-state index in [0.717, 1.165) is 49.6 Å². The fourth-order valence-corrected chi connectivity index (χ4v) is 3.08. The summed E-state index contributed by atoms with van der Waals surface area (Å²) in [4.78, 5) is 14.6. The van der Waals surface area contributed by atoms with Crippen molar-refractivity contribution in [2.45, 2.75) is 40.0 Å². The number of piperidine rings is 1. The molecule has 1 aliphatic rings. The first kappa shape index (κ1) is 16.7. The van der Waals surface area contributed by atoms with E-state index in [2.05, 4.69) is 39.4 Å². The average molecular weight is 330 g/mol. The second kappa shape index (κ2) is 7.15. The Bertz CT molecular complexity index is 710. The van der Waals surface area contributed by atoms with Gasteiger partial charge in [-0.15, -0.1) is 15.3 Å². The van der Waals surface area contributed by atoms with Gasteiger partial charge in [0.05, 0.1) is 5.92 Å². The van der Waals surface area contributed by atoms with E-state index in [1.54, 1.807) is 4.52 Å². The molecule has 1 aliphatic heterocycles. The summed E-state index contributed by atoms with van der Waals surface area (Å²) in [5.74, 6) is 2.46. The molecule has 1 amide bonds. The van der Waals surface area contributed by atoms with Crippen LogP contribution in [-0.2, 0) is 4.79 Å². The second-order valence-corrected chi connectivity index (χ2v) is 6.97. The van der Waals surface area contributed by atoms with E-state index in [-0.39, 0.29) is 11.8 Å². The lowest BCUT2D eigenvalue weighted by Gasteiger charge is -2.32. The molecule has 2 aromatic rings. The van der Waals surface area contributed by atoms with Crippen LogP contribution in [0.4, 0.5) is 5.82 Å². The molecule has 0 aliphatic carbocycles. The number of carbonyl (C=O) groups is 1. The van der Waals surface area contributed by atoms with E-state index in [1.165, 1.54) is 0 Å². The fraction of sp³-hybridized carbons (Fsp3) is 0.647. The molecular formula is C17H26N6O. The molecule has 24 heavy (non-hydrogen) atoms. The monoisotopic (exact) mass is 330 g/mol. The van der Waals surface area contributed by atoms with Crippen LogP contribution in [0.15, 0.2) is 12.1 Å². The first-order chi connectivity index (χ1) is 11.5. The number of rotatable bonds is 5. The maximum atomic E-state index is 12.4. The molecule has 3 heterocycles. The van der Waals surface area contributed by atoms with Crippen LogP contribution in [0.3, 0.4) is 0 Å². The smallest absolute Gasteiger partial charge is 0.224 e. The summed E-state index contributed by atoms with van der Waals surface area (Å²) in [7, 11) is 0. The van der Waals surface area contributed by atoms with E-state index in [1.807, 2.05) is 19.1 Å². The summed E-state index contributed by atoms with van der Waals surface area (Å²) in [5, 5.41) is 15.8. The number of aryl methyl sites for hydroxylation is 1. The van der Waals surface area contributed by atoms with Crippen molar-refractivity contribution in [3.63, 3.8) is 0 Å². The van der Waals surface area contributed by atoms with Crippen molar-refractivity contribution in [2.24, 2.45) is 11.8 Å². The molecular weight excluding hydrogens is 304 g/mol. The molecule has 1 N–H and O–H groups in total. The molecule has 0 radical (unpaired) electrons. The quantitative estimate of drug-likeness (QED) is 0.905. The Morgan fingerprint density at radius 3 is 3.00 bits per heavy atom. The molecule has 3 rings (SSSR count). The topological polar surface area (TPSA) is 75.4 Å². The number of anilines is 1. The minimum atomic E-state index is 0.0328. The van der Waals surface area contributed by atoms with E-state index in [0.29, 0.717) is 12.5 Å². The van der Waals surface area contributed by atoms with E-state index >= 15 is 0 Å². The first-order valence-electron chi connectivity index (χ1n) is 8.76. The predicted octanol–water partition coefficient (Wildman–Crippen LogP) is 1.81. The van der Waals surface area contributed by atoms with Crippen LogP contribution in [-0.4, -0.2) is 45.4 Å². The molecule has 0 aromatic carbocycles. The Hall–Kier alpha value is -2.18. The number of nitrogens with zero attached hydrogens (tertiary/aromatic N) is 5. The predicted molar refractivity (Wildman–Crippen MR) is 92.9 cm³/mol. The third-order valence-corrected chi connectivity index (χ3v) is 4.54. The fourth-order valence-electron chi connectivity index (χ4n) is 3.08. The summed E-state index contributed by atoms with van der Waals surface area (Å²) >= 11 is 0.